The molecule has 0 aromatic heterocycles. The van der Waals surface area contributed by atoms with Gasteiger partial charge in [0.2, 0.25) is 6.79 Å². The summed E-state index contributed by atoms with van der Waals surface area (Å²) in [6, 6.07) is 5.59. The van der Waals surface area contributed by atoms with Crippen LogP contribution in [0.25, 0.3) is 0 Å². The summed E-state index contributed by atoms with van der Waals surface area (Å²) in [6.07, 6.45) is 0. The lowest BCUT2D eigenvalue weighted by molar-refractivity contribution is 0.174. The van der Waals surface area contributed by atoms with Crippen molar-refractivity contribution in [3.8, 4) is 11.5 Å². The molecule has 0 radical (unpaired) electrons. The van der Waals surface area contributed by atoms with Crippen LogP contribution in [-0.2, 0) is 0 Å². The number of fused-ring (bicyclic) bond motifs is 1. The molecule has 16 heavy (non-hydrogen) atoms. The molecular formula is C10H14ClN3O2. The average Bonchev–Trinajstić information content (AvgIpc) is 2.62. The van der Waals surface area contributed by atoms with E-state index in [1.54, 1.807) is 0 Å². The Labute approximate surface area is 99.8 Å². The minimum atomic E-state index is -0.0792. The van der Waals surface area contributed by atoms with Crippen molar-refractivity contribution in [2.24, 2.45) is 16.5 Å². The lowest BCUT2D eigenvalue weighted by Crippen LogP contribution is -2.23. The molecule has 6 heteroatoms. The van der Waals surface area contributed by atoms with E-state index in [1.807, 2.05) is 25.1 Å². The first-order valence-electron chi connectivity index (χ1n) is 4.65. The van der Waals surface area contributed by atoms with Crippen molar-refractivity contribution in [3.63, 3.8) is 0 Å². The SMILES string of the molecule is CC(N=C(N)N)c1ccc2c(c1)OCO2.Cl. The molecule has 1 unspecified atom stereocenters. The van der Waals surface area contributed by atoms with E-state index < -0.39 is 0 Å². The van der Waals surface area contributed by atoms with Crippen LogP contribution in [0.2, 0.25) is 0 Å². The number of ether oxygens (including phenoxy) is 2. The Morgan fingerprint density at radius 1 is 1.31 bits per heavy atom. The zero-order valence-electron chi connectivity index (χ0n) is 8.84. The van der Waals surface area contributed by atoms with Gasteiger partial charge in [0.25, 0.3) is 0 Å². The molecule has 0 amide bonds. The molecule has 1 aromatic carbocycles. The number of hydrogen-bond donors (Lipinski definition) is 2. The van der Waals surface area contributed by atoms with Crippen LogP contribution in [-0.4, -0.2) is 12.8 Å². The summed E-state index contributed by atoms with van der Waals surface area (Å²) in [5, 5.41) is 0. The molecule has 2 rings (SSSR count). The first-order valence-corrected chi connectivity index (χ1v) is 4.65. The molecule has 1 aliphatic rings. The van der Waals surface area contributed by atoms with Crippen LogP contribution >= 0.6 is 12.4 Å². The molecule has 4 N–H and O–H groups in total. The van der Waals surface area contributed by atoms with E-state index in [9.17, 15) is 0 Å². The zero-order chi connectivity index (χ0) is 10.8. The van der Waals surface area contributed by atoms with Gasteiger partial charge in [-0.25, -0.2) is 4.99 Å². The van der Waals surface area contributed by atoms with Crippen molar-refractivity contribution < 1.29 is 9.47 Å². The largest absolute Gasteiger partial charge is 0.454 e. The molecule has 5 nitrogen and oxygen atoms in total. The van der Waals surface area contributed by atoms with Crippen molar-refractivity contribution in [1.29, 1.82) is 0 Å². The Balaban J connectivity index is 0.00000128. The number of guanidine groups is 1. The van der Waals surface area contributed by atoms with Crippen LogP contribution in [0.4, 0.5) is 0 Å². The highest BCUT2D eigenvalue weighted by Crippen LogP contribution is 2.34. The Hall–Kier alpha value is -1.62. The summed E-state index contributed by atoms with van der Waals surface area (Å²) < 4.78 is 10.5. The quantitative estimate of drug-likeness (QED) is 0.603. The molecule has 1 heterocycles. The zero-order valence-corrected chi connectivity index (χ0v) is 9.66. The highest BCUT2D eigenvalue weighted by molar-refractivity contribution is 5.85. The van der Waals surface area contributed by atoms with E-state index in [0.29, 0.717) is 0 Å². The highest BCUT2D eigenvalue weighted by atomic mass is 35.5. The van der Waals surface area contributed by atoms with E-state index in [2.05, 4.69) is 4.99 Å². The van der Waals surface area contributed by atoms with Gasteiger partial charge in [-0.3, -0.25) is 0 Å². The third-order valence-corrected chi connectivity index (χ3v) is 2.22. The number of halogens is 1. The maximum Gasteiger partial charge on any atom is 0.231 e. The first kappa shape index (κ1) is 12.4. The predicted octanol–water partition coefficient (Wildman–Crippen LogP) is 1.17. The second kappa shape index (κ2) is 4.94. The Morgan fingerprint density at radius 3 is 2.69 bits per heavy atom. The first-order chi connectivity index (χ1) is 7.16. The van der Waals surface area contributed by atoms with E-state index in [0.717, 1.165) is 17.1 Å². The van der Waals surface area contributed by atoms with Crippen LogP contribution in [0.15, 0.2) is 23.2 Å². The predicted molar refractivity (Wildman–Crippen MR) is 64.0 cm³/mol. The third-order valence-electron chi connectivity index (χ3n) is 2.22. The van der Waals surface area contributed by atoms with Crippen LogP contribution in [0.5, 0.6) is 11.5 Å². The Kier molecular flexibility index (Phi) is 3.84. The number of aliphatic imine (C=N–C) groups is 1. The fourth-order valence-electron chi connectivity index (χ4n) is 1.47. The smallest absolute Gasteiger partial charge is 0.231 e. The van der Waals surface area contributed by atoms with Crippen LogP contribution < -0.4 is 20.9 Å². The number of benzene rings is 1. The summed E-state index contributed by atoms with van der Waals surface area (Å²) >= 11 is 0. The molecule has 1 aromatic rings. The number of nitrogens with zero attached hydrogens (tertiary/aromatic N) is 1. The van der Waals surface area contributed by atoms with Crippen molar-refractivity contribution in [2.45, 2.75) is 13.0 Å². The topological polar surface area (TPSA) is 82.9 Å². The lowest BCUT2D eigenvalue weighted by Gasteiger charge is -2.07. The fraction of sp³-hybridized carbons (Fsp3) is 0.300. The molecule has 0 aliphatic carbocycles. The van der Waals surface area contributed by atoms with E-state index in [4.69, 9.17) is 20.9 Å². The summed E-state index contributed by atoms with van der Waals surface area (Å²) in [4.78, 5) is 4.05. The van der Waals surface area contributed by atoms with Gasteiger partial charge < -0.3 is 20.9 Å². The molecule has 1 atom stereocenters. The van der Waals surface area contributed by atoms with Crippen LogP contribution in [0.1, 0.15) is 18.5 Å². The van der Waals surface area contributed by atoms with Gasteiger partial charge in [0.15, 0.2) is 17.5 Å². The van der Waals surface area contributed by atoms with Gasteiger partial charge in [-0.15, -0.1) is 12.4 Å². The minimum Gasteiger partial charge on any atom is -0.454 e. The normalized spacial score (nSPS) is 13.8. The van der Waals surface area contributed by atoms with Gasteiger partial charge in [-0.1, -0.05) is 6.07 Å². The second-order valence-electron chi connectivity index (χ2n) is 3.34. The van der Waals surface area contributed by atoms with Gasteiger partial charge in [0.05, 0.1) is 6.04 Å². The molecule has 0 saturated heterocycles. The molecule has 0 fully saturated rings. The number of rotatable bonds is 2. The maximum absolute atomic E-state index is 5.32. The lowest BCUT2D eigenvalue weighted by atomic mass is 10.1. The number of nitrogens with two attached hydrogens (primary N) is 2. The van der Waals surface area contributed by atoms with E-state index in [1.165, 1.54) is 0 Å². The molecule has 1 aliphatic heterocycles. The summed E-state index contributed by atoms with van der Waals surface area (Å²) in [5.74, 6) is 1.58. The van der Waals surface area contributed by atoms with Crippen molar-refractivity contribution in [2.75, 3.05) is 6.79 Å². The van der Waals surface area contributed by atoms with Crippen molar-refractivity contribution in [1.82, 2.24) is 0 Å². The van der Waals surface area contributed by atoms with Gasteiger partial charge in [0.1, 0.15) is 0 Å². The fourth-order valence-corrected chi connectivity index (χ4v) is 1.47. The molecule has 0 bridgehead atoms. The van der Waals surface area contributed by atoms with Gasteiger partial charge in [0, 0.05) is 0 Å². The maximum atomic E-state index is 5.32. The van der Waals surface area contributed by atoms with Gasteiger partial charge in [-0.2, -0.15) is 0 Å². The van der Waals surface area contributed by atoms with Crippen LogP contribution in [0, 0.1) is 0 Å². The molecular weight excluding hydrogens is 230 g/mol. The summed E-state index contributed by atoms with van der Waals surface area (Å²) in [5.41, 5.74) is 11.6. The second-order valence-corrected chi connectivity index (χ2v) is 3.34. The average molecular weight is 244 g/mol. The van der Waals surface area contributed by atoms with E-state index in [-0.39, 0.29) is 31.2 Å². The molecule has 0 spiro atoms. The third kappa shape index (κ3) is 2.49. The highest BCUT2D eigenvalue weighted by Gasteiger charge is 2.15. The molecule has 0 saturated carbocycles. The van der Waals surface area contributed by atoms with Crippen LogP contribution in [0.3, 0.4) is 0 Å². The Morgan fingerprint density at radius 2 is 2.00 bits per heavy atom. The minimum absolute atomic E-state index is 0. The van der Waals surface area contributed by atoms with Gasteiger partial charge in [-0.05, 0) is 24.6 Å². The molecule has 88 valence electrons. The monoisotopic (exact) mass is 243 g/mol. The Bertz CT molecular complexity index is 405. The van der Waals surface area contributed by atoms with Crippen molar-refractivity contribution >= 4 is 18.4 Å². The number of hydrogen-bond acceptors (Lipinski definition) is 3. The summed E-state index contributed by atoms with van der Waals surface area (Å²) in [6.45, 7) is 2.19. The van der Waals surface area contributed by atoms with Crippen molar-refractivity contribution in [3.05, 3.63) is 23.8 Å². The van der Waals surface area contributed by atoms with E-state index >= 15 is 0 Å². The standard InChI is InChI=1S/C10H13N3O2.ClH/c1-6(13-10(11)12)7-2-3-8-9(4-7)15-5-14-8;/h2-4,6H,5H2,1H3,(H4,11,12,13);1H. The van der Waals surface area contributed by atoms with Gasteiger partial charge >= 0.3 is 0 Å². The summed E-state index contributed by atoms with van der Waals surface area (Å²) in [7, 11) is 0.